The maximum Gasteiger partial charge on any atom is 0.129 e. The summed E-state index contributed by atoms with van der Waals surface area (Å²) in [6.07, 6.45) is 1.67. The molecule has 0 bridgehead atoms. The first-order valence-electron chi connectivity index (χ1n) is 3.57. The van der Waals surface area contributed by atoms with E-state index in [4.69, 9.17) is 34.8 Å². The topological polar surface area (TPSA) is 12.9 Å². The maximum absolute atomic E-state index is 5.84. The molecule has 0 unspecified atom stereocenters. The molecule has 0 atom stereocenters. The summed E-state index contributed by atoms with van der Waals surface area (Å²) in [6, 6.07) is 5.29. The van der Waals surface area contributed by atoms with Crippen LogP contribution >= 0.6 is 34.8 Å². The summed E-state index contributed by atoms with van der Waals surface area (Å²) >= 11 is 17.4. The van der Waals surface area contributed by atoms with Crippen LogP contribution in [0.3, 0.4) is 0 Å². The van der Waals surface area contributed by atoms with Gasteiger partial charge in [-0.15, -0.1) is 0 Å². The van der Waals surface area contributed by atoms with E-state index >= 15 is 0 Å². The zero-order valence-electron chi connectivity index (χ0n) is 6.39. The van der Waals surface area contributed by atoms with Gasteiger partial charge in [0, 0.05) is 11.6 Å². The van der Waals surface area contributed by atoms with Crippen LogP contribution in [0, 0.1) is 0 Å². The van der Waals surface area contributed by atoms with Crippen molar-refractivity contribution in [3.05, 3.63) is 39.6 Å². The monoisotopic (exact) mass is 231 g/mol. The fourth-order valence-electron chi connectivity index (χ4n) is 1.11. The van der Waals surface area contributed by atoms with Crippen LogP contribution in [-0.4, -0.2) is 4.98 Å². The molecule has 1 nitrogen and oxygen atoms in total. The minimum Gasteiger partial charge on any atom is -0.244 e. The molecule has 0 saturated heterocycles. The zero-order valence-corrected chi connectivity index (χ0v) is 8.66. The molecule has 0 radical (unpaired) electrons. The number of fused-ring (bicyclic) bond motifs is 1. The molecule has 1 aromatic heterocycles. The van der Waals surface area contributed by atoms with E-state index in [1.54, 1.807) is 24.4 Å². The van der Waals surface area contributed by atoms with Gasteiger partial charge < -0.3 is 0 Å². The van der Waals surface area contributed by atoms with E-state index in [9.17, 15) is 0 Å². The molecule has 4 heteroatoms. The maximum atomic E-state index is 5.84. The average Bonchev–Trinajstić information content (AvgIpc) is 2.08. The Labute approximate surface area is 90.2 Å². The minimum absolute atomic E-state index is 0.450. The van der Waals surface area contributed by atoms with Gasteiger partial charge in [0.2, 0.25) is 0 Å². The fraction of sp³-hybridized carbons (Fsp3) is 0. The molecule has 0 amide bonds. The second kappa shape index (κ2) is 3.33. The number of nitrogens with zero attached hydrogens (tertiary/aromatic N) is 1. The highest BCUT2D eigenvalue weighted by Gasteiger charge is 2.01. The summed E-state index contributed by atoms with van der Waals surface area (Å²) in [4.78, 5) is 3.94. The van der Waals surface area contributed by atoms with Gasteiger partial charge in [-0.3, -0.25) is 0 Å². The molecule has 0 aliphatic heterocycles. The van der Waals surface area contributed by atoms with Crippen LogP contribution in [0.4, 0.5) is 0 Å². The molecule has 1 aromatic carbocycles. The van der Waals surface area contributed by atoms with Gasteiger partial charge in [-0.1, -0.05) is 34.8 Å². The molecule has 1 heterocycles. The van der Waals surface area contributed by atoms with Crippen LogP contribution in [0.2, 0.25) is 15.2 Å². The molecule has 13 heavy (non-hydrogen) atoms. The second-order valence-electron chi connectivity index (χ2n) is 2.62. The van der Waals surface area contributed by atoms with E-state index in [-0.39, 0.29) is 0 Å². The number of pyridine rings is 1. The zero-order chi connectivity index (χ0) is 9.42. The largest absolute Gasteiger partial charge is 0.244 e. The lowest BCUT2D eigenvalue weighted by Gasteiger charge is -2.00. The van der Waals surface area contributed by atoms with Crippen molar-refractivity contribution in [2.75, 3.05) is 0 Å². The van der Waals surface area contributed by atoms with E-state index in [2.05, 4.69) is 4.98 Å². The number of rotatable bonds is 0. The molecular weight excluding hydrogens is 228 g/mol. The van der Waals surface area contributed by atoms with E-state index < -0.39 is 0 Å². The molecule has 0 aliphatic rings. The van der Waals surface area contributed by atoms with Gasteiger partial charge in [0.05, 0.1) is 10.0 Å². The van der Waals surface area contributed by atoms with Crippen molar-refractivity contribution in [1.82, 2.24) is 4.98 Å². The Balaban J connectivity index is 2.81. The number of hydrogen-bond acceptors (Lipinski definition) is 1. The summed E-state index contributed by atoms with van der Waals surface area (Å²) in [5, 5.41) is 3.37. The lowest BCUT2D eigenvalue weighted by atomic mass is 10.2. The van der Waals surface area contributed by atoms with Crippen molar-refractivity contribution in [1.29, 1.82) is 0 Å². The van der Waals surface area contributed by atoms with Crippen LogP contribution in [0.15, 0.2) is 24.4 Å². The molecule has 0 saturated carbocycles. The number of aromatic nitrogens is 1. The van der Waals surface area contributed by atoms with E-state index in [1.807, 2.05) is 0 Å². The summed E-state index contributed by atoms with van der Waals surface area (Å²) in [7, 11) is 0. The van der Waals surface area contributed by atoms with E-state index in [1.165, 1.54) is 0 Å². The SMILES string of the molecule is Clc1cc2cc(Cl)c(Cl)cc2cn1. The number of hydrogen-bond donors (Lipinski definition) is 0. The van der Waals surface area contributed by atoms with Crippen LogP contribution in [-0.2, 0) is 0 Å². The van der Waals surface area contributed by atoms with Gasteiger partial charge >= 0.3 is 0 Å². The normalized spacial score (nSPS) is 10.7. The fourth-order valence-corrected chi connectivity index (χ4v) is 1.62. The summed E-state index contributed by atoms with van der Waals surface area (Å²) < 4.78 is 0. The van der Waals surface area contributed by atoms with Crippen molar-refractivity contribution in [2.24, 2.45) is 0 Å². The van der Waals surface area contributed by atoms with Gasteiger partial charge in [0.15, 0.2) is 0 Å². The van der Waals surface area contributed by atoms with Gasteiger partial charge in [0.1, 0.15) is 5.15 Å². The van der Waals surface area contributed by atoms with Gasteiger partial charge in [-0.05, 0) is 23.6 Å². The molecule has 0 fully saturated rings. The van der Waals surface area contributed by atoms with Crippen molar-refractivity contribution in [2.45, 2.75) is 0 Å². The van der Waals surface area contributed by atoms with Crippen molar-refractivity contribution in [3.8, 4) is 0 Å². The predicted octanol–water partition coefficient (Wildman–Crippen LogP) is 4.20. The Morgan fingerprint density at radius 1 is 0.846 bits per heavy atom. The number of benzene rings is 1. The third-order valence-electron chi connectivity index (χ3n) is 1.73. The summed E-state index contributed by atoms with van der Waals surface area (Å²) in [6.45, 7) is 0. The Morgan fingerprint density at radius 3 is 2.15 bits per heavy atom. The molecule has 0 spiro atoms. The standard InChI is InChI=1S/C9H4Cl3N/c10-7-1-5-3-9(12)13-4-6(5)2-8(7)11/h1-4H. The molecular formula is C9H4Cl3N. The molecule has 2 aromatic rings. The Morgan fingerprint density at radius 2 is 1.46 bits per heavy atom. The molecule has 0 aliphatic carbocycles. The highest BCUT2D eigenvalue weighted by Crippen LogP contribution is 2.28. The van der Waals surface area contributed by atoms with E-state index in [0.717, 1.165) is 10.8 Å². The molecule has 2 rings (SSSR count). The Bertz CT molecular complexity index is 468. The Kier molecular flexibility index (Phi) is 2.33. The lowest BCUT2D eigenvalue weighted by Crippen LogP contribution is -1.78. The van der Waals surface area contributed by atoms with Gasteiger partial charge in [-0.2, -0.15) is 0 Å². The Hall–Kier alpha value is -0.500. The van der Waals surface area contributed by atoms with Gasteiger partial charge in [-0.25, -0.2) is 4.98 Å². The third kappa shape index (κ3) is 1.73. The summed E-state index contributed by atoms with van der Waals surface area (Å²) in [5.74, 6) is 0. The lowest BCUT2D eigenvalue weighted by molar-refractivity contribution is 1.36. The molecule has 0 N–H and O–H groups in total. The molecule has 66 valence electrons. The average molecular weight is 232 g/mol. The summed E-state index contributed by atoms with van der Waals surface area (Å²) in [5.41, 5.74) is 0. The van der Waals surface area contributed by atoms with E-state index in [0.29, 0.717) is 15.2 Å². The quantitative estimate of drug-likeness (QED) is 0.621. The van der Waals surface area contributed by atoms with Crippen molar-refractivity contribution in [3.63, 3.8) is 0 Å². The second-order valence-corrected chi connectivity index (χ2v) is 3.82. The third-order valence-corrected chi connectivity index (χ3v) is 2.66. The predicted molar refractivity (Wildman–Crippen MR) is 56.8 cm³/mol. The van der Waals surface area contributed by atoms with Crippen molar-refractivity contribution >= 4 is 45.6 Å². The number of halogens is 3. The minimum atomic E-state index is 0.450. The van der Waals surface area contributed by atoms with Crippen molar-refractivity contribution < 1.29 is 0 Å². The van der Waals surface area contributed by atoms with Crippen LogP contribution in [0.5, 0.6) is 0 Å². The smallest absolute Gasteiger partial charge is 0.129 e. The first-order valence-corrected chi connectivity index (χ1v) is 4.70. The van der Waals surface area contributed by atoms with Crippen LogP contribution in [0.1, 0.15) is 0 Å². The van der Waals surface area contributed by atoms with Gasteiger partial charge in [0.25, 0.3) is 0 Å². The highest BCUT2D eigenvalue weighted by molar-refractivity contribution is 6.42. The highest BCUT2D eigenvalue weighted by atomic mass is 35.5. The first-order chi connectivity index (χ1) is 6.16. The first kappa shape index (κ1) is 9.07. The van der Waals surface area contributed by atoms with Crippen LogP contribution in [0.25, 0.3) is 10.8 Å². The van der Waals surface area contributed by atoms with Crippen LogP contribution < -0.4 is 0 Å².